The number of unbranched alkanes of at least 4 members (excludes halogenated alkanes) is 4. The van der Waals surface area contributed by atoms with Gasteiger partial charge in [-0.3, -0.25) is 0 Å². The third kappa shape index (κ3) is 7.00. The number of benzene rings is 2. The molecule has 2 aromatic carbocycles. The predicted molar refractivity (Wildman–Crippen MR) is 101 cm³/mol. The summed E-state index contributed by atoms with van der Waals surface area (Å²) in [6, 6.07) is 15.1. The van der Waals surface area contributed by atoms with E-state index in [0.717, 1.165) is 12.8 Å². The highest BCUT2D eigenvalue weighted by Gasteiger charge is 2.08. The summed E-state index contributed by atoms with van der Waals surface area (Å²) in [5.41, 5.74) is 2.47. The van der Waals surface area contributed by atoms with E-state index in [1.165, 1.54) is 43.2 Å². The summed E-state index contributed by atoms with van der Waals surface area (Å²) in [4.78, 5) is 11.8. The Hall–Kier alpha value is -2.29. The van der Waals surface area contributed by atoms with Crippen LogP contribution in [0.5, 0.6) is 11.5 Å². The van der Waals surface area contributed by atoms with Gasteiger partial charge in [0.1, 0.15) is 11.5 Å². The van der Waals surface area contributed by atoms with Gasteiger partial charge >= 0.3 is 6.16 Å². The standard InChI is InChI=1S/C22H28O3/c1-3-5-6-7-8-9-19-12-16-21(17-13-19)25-22(23)24-20-14-10-18(4-2)11-15-20/h10-17H,3-9H2,1-2H3. The Bertz CT molecular complexity index is 629. The molecule has 2 aromatic rings. The molecule has 134 valence electrons. The van der Waals surface area contributed by atoms with E-state index in [9.17, 15) is 4.79 Å². The normalized spacial score (nSPS) is 10.5. The van der Waals surface area contributed by atoms with Crippen molar-refractivity contribution in [2.24, 2.45) is 0 Å². The van der Waals surface area contributed by atoms with Crippen LogP contribution in [0.3, 0.4) is 0 Å². The molecule has 0 unspecified atom stereocenters. The Morgan fingerprint density at radius 2 is 1.24 bits per heavy atom. The summed E-state index contributed by atoms with van der Waals surface area (Å²) in [5.74, 6) is 0.996. The van der Waals surface area contributed by atoms with Gasteiger partial charge in [0.2, 0.25) is 0 Å². The van der Waals surface area contributed by atoms with Crippen LogP contribution in [-0.4, -0.2) is 6.16 Å². The molecule has 0 aliphatic heterocycles. The maximum Gasteiger partial charge on any atom is 0.519 e. The van der Waals surface area contributed by atoms with E-state index in [1.807, 2.05) is 36.4 Å². The van der Waals surface area contributed by atoms with Gasteiger partial charge in [0, 0.05) is 0 Å². The van der Waals surface area contributed by atoms with E-state index in [-0.39, 0.29) is 0 Å². The van der Waals surface area contributed by atoms with Gasteiger partial charge in [0.05, 0.1) is 0 Å². The Morgan fingerprint density at radius 3 is 1.76 bits per heavy atom. The summed E-state index contributed by atoms with van der Waals surface area (Å²) in [5, 5.41) is 0. The van der Waals surface area contributed by atoms with Crippen LogP contribution >= 0.6 is 0 Å². The number of ether oxygens (including phenoxy) is 2. The number of carbonyl (C=O) groups is 1. The lowest BCUT2D eigenvalue weighted by atomic mass is 10.1. The van der Waals surface area contributed by atoms with E-state index in [1.54, 1.807) is 12.1 Å². The molecule has 0 amide bonds. The van der Waals surface area contributed by atoms with Crippen molar-refractivity contribution in [2.75, 3.05) is 0 Å². The van der Waals surface area contributed by atoms with Crippen molar-refractivity contribution >= 4 is 6.16 Å². The first-order valence-electron chi connectivity index (χ1n) is 9.28. The first-order chi connectivity index (χ1) is 12.2. The van der Waals surface area contributed by atoms with E-state index >= 15 is 0 Å². The van der Waals surface area contributed by atoms with Gasteiger partial charge in [-0.15, -0.1) is 0 Å². The van der Waals surface area contributed by atoms with Gasteiger partial charge in [-0.2, -0.15) is 0 Å². The van der Waals surface area contributed by atoms with Gasteiger partial charge in [-0.1, -0.05) is 63.8 Å². The molecule has 2 rings (SSSR count). The van der Waals surface area contributed by atoms with E-state index in [0.29, 0.717) is 11.5 Å². The topological polar surface area (TPSA) is 35.5 Å². The molecule has 3 nitrogen and oxygen atoms in total. The number of rotatable bonds is 9. The Balaban J connectivity index is 1.76. The molecule has 0 aliphatic carbocycles. The Morgan fingerprint density at radius 1 is 0.720 bits per heavy atom. The fourth-order valence-corrected chi connectivity index (χ4v) is 2.66. The average molecular weight is 340 g/mol. The molecule has 0 heterocycles. The SMILES string of the molecule is CCCCCCCc1ccc(OC(=O)Oc2ccc(CC)cc2)cc1. The first-order valence-corrected chi connectivity index (χ1v) is 9.28. The molecule has 0 saturated heterocycles. The van der Waals surface area contributed by atoms with Crippen LogP contribution in [0.2, 0.25) is 0 Å². The Kier molecular flexibility index (Phi) is 8.03. The van der Waals surface area contributed by atoms with Crippen LogP contribution in [0.1, 0.15) is 57.1 Å². The summed E-state index contributed by atoms with van der Waals surface area (Å²) in [7, 11) is 0. The van der Waals surface area contributed by atoms with E-state index < -0.39 is 6.16 Å². The summed E-state index contributed by atoms with van der Waals surface area (Å²) < 4.78 is 10.4. The van der Waals surface area contributed by atoms with Gasteiger partial charge < -0.3 is 9.47 Å². The number of hydrogen-bond donors (Lipinski definition) is 0. The van der Waals surface area contributed by atoms with Crippen LogP contribution in [0.15, 0.2) is 48.5 Å². The zero-order valence-corrected chi connectivity index (χ0v) is 15.3. The number of hydrogen-bond acceptors (Lipinski definition) is 3. The smallest absolute Gasteiger partial charge is 0.395 e. The van der Waals surface area contributed by atoms with Crippen molar-refractivity contribution < 1.29 is 14.3 Å². The van der Waals surface area contributed by atoms with Crippen LogP contribution in [0, 0.1) is 0 Å². The third-order valence-corrected chi connectivity index (χ3v) is 4.23. The average Bonchev–Trinajstić information content (AvgIpc) is 2.63. The monoisotopic (exact) mass is 340 g/mol. The number of aryl methyl sites for hydroxylation is 2. The fourth-order valence-electron chi connectivity index (χ4n) is 2.66. The quantitative estimate of drug-likeness (QED) is 0.303. The van der Waals surface area contributed by atoms with Crippen LogP contribution in [0.25, 0.3) is 0 Å². The first kappa shape index (κ1) is 19.0. The molecule has 0 radical (unpaired) electrons. The third-order valence-electron chi connectivity index (χ3n) is 4.23. The highest BCUT2D eigenvalue weighted by Crippen LogP contribution is 2.17. The molecule has 0 aromatic heterocycles. The van der Waals surface area contributed by atoms with Crippen LogP contribution in [0.4, 0.5) is 4.79 Å². The van der Waals surface area contributed by atoms with Crippen LogP contribution in [-0.2, 0) is 12.8 Å². The zero-order valence-electron chi connectivity index (χ0n) is 15.3. The highest BCUT2D eigenvalue weighted by molar-refractivity contribution is 5.67. The molecule has 0 bridgehead atoms. The molecule has 0 atom stereocenters. The zero-order chi connectivity index (χ0) is 17.9. The lowest BCUT2D eigenvalue weighted by Crippen LogP contribution is -2.13. The fraction of sp³-hybridized carbons (Fsp3) is 0.409. The summed E-state index contributed by atoms with van der Waals surface area (Å²) in [6.07, 6.45) is 7.68. The maximum atomic E-state index is 11.8. The minimum absolute atomic E-state index is 0.492. The number of carbonyl (C=O) groups excluding carboxylic acids is 1. The van der Waals surface area contributed by atoms with Gasteiger partial charge in [0.15, 0.2) is 0 Å². The van der Waals surface area contributed by atoms with Crippen molar-refractivity contribution in [1.29, 1.82) is 0 Å². The van der Waals surface area contributed by atoms with E-state index in [2.05, 4.69) is 13.8 Å². The minimum atomic E-state index is -0.712. The van der Waals surface area contributed by atoms with E-state index in [4.69, 9.17) is 9.47 Å². The molecule has 0 aliphatic rings. The van der Waals surface area contributed by atoms with Crippen molar-refractivity contribution in [3.63, 3.8) is 0 Å². The van der Waals surface area contributed by atoms with Crippen molar-refractivity contribution in [2.45, 2.75) is 58.8 Å². The van der Waals surface area contributed by atoms with Crippen molar-refractivity contribution in [3.05, 3.63) is 59.7 Å². The maximum absolute atomic E-state index is 11.8. The molecular weight excluding hydrogens is 312 g/mol. The largest absolute Gasteiger partial charge is 0.519 e. The lowest BCUT2D eigenvalue weighted by Gasteiger charge is -2.07. The second-order valence-electron chi connectivity index (χ2n) is 6.26. The molecular formula is C22H28O3. The van der Waals surface area contributed by atoms with Crippen LogP contribution < -0.4 is 9.47 Å². The van der Waals surface area contributed by atoms with Crippen molar-refractivity contribution in [1.82, 2.24) is 0 Å². The second kappa shape index (κ2) is 10.5. The molecule has 0 saturated carbocycles. The van der Waals surface area contributed by atoms with Gasteiger partial charge in [0.25, 0.3) is 0 Å². The molecule has 0 fully saturated rings. The molecule has 25 heavy (non-hydrogen) atoms. The lowest BCUT2D eigenvalue weighted by molar-refractivity contribution is 0.152. The minimum Gasteiger partial charge on any atom is -0.395 e. The highest BCUT2D eigenvalue weighted by atomic mass is 16.7. The summed E-state index contributed by atoms with van der Waals surface area (Å²) in [6.45, 7) is 4.31. The van der Waals surface area contributed by atoms with Gasteiger partial charge in [-0.25, -0.2) is 4.79 Å². The molecule has 0 spiro atoms. The van der Waals surface area contributed by atoms with Crippen molar-refractivity contribution in [3.8, 4) is 11.5 Å². The molecule has 0 N–H and O–H groups in total. The molecule has 3 heteroatoms. The predicted octanol–water partition coefficient (Wildman–Crippen LogP) is 6.34. The second-order valence-corrected chi connectivity index (χ2v) is 6.26. The van der Waals surface area contributed by atoms with Gasteiger partial charge in [-0.05, 0) is 54.7 Å². The Labute approximate surface area is 151 Å². The summed E-state index contributed by atoms with van der Waals surface area (Å²) >= 11 is 0.